The maximum Gasteiger partial charge on any atom is 0.130 e. The van der Waals surface area contributed by atoms with Crippen molar-refractivity contribution in [1.29, 1.82) is 0 Å². The Bertz CT molecular complexity index is 862. The van der Waals surface area contributed by atoms with Crippen LogP contribution in [0.5, 0.6) is 0 Å². The molecule has 0 bridgehead atoms. The van der Waals surface area contributed by atoms with E-state index in [1.54, 1.807) is 0 Å². The second kappa shape index (κ2) is 5.13. The fraction of sp³-hybridized carbons (Fsp3) is 0.150. The molecule has 0 aliphatic carbocycles. The van der Waals surface area contributed by atoms with Gasteiger partial charge in [0.15, 0.2) is 0 Å². The lowest BCUT2D eigenvalue weighted by atomic mass is 9.88. The number of aromatic nitrogens is 2. The number of nitrogens with zero attached hydrogens (tertiary/aromatic N) is 2. The Kier molecular flexibility index (Phi) is 3.08. The Labute approximate surface area is 136 Å². The maximum absolute atomic E-state index is 4.65. The molecule has 114 valence electrons. The fourth-order valence-electron chi connectivity index (χ4n) is 3.16. The average molecular weight is 301 g/mol. The molecule has 1 unspecified atom stereocenters. The van der Waals surface area contributed by atoms with E-state index in [0.717, 1.165) is 17.2 Å². The lowest BCUT2D eigenvalue weighted by Crippen LogP contribution is -2.34. The van der Waals surface area contributed by atoms with Gasteiger partial charge < -0.3 is 5.32 Å². The summed E-state index contributed by atoms with van der Waals surface area (Å²) >= 11 is 0. The fourth-order valence-corrected chi connectivity index (χ4v) is 3.16. The minimum atomic E-state index is -0.269. The molecule has 1 aliphatic heterocycles. The van der Waals surface area contributed by atoms with Gasteiger partial charge in [0.2, 0.25) is 0 Å². The van der Waals surface area contributed by atoms with Crippen molar-refractivity contribution in [3.8, 4) is 0 Å². The van der Waals surface area contributed by atoms with Crippen LogP contribution in [0.15, 0.2) is 72.8 Å². The number of benzene rings is 2. The van der Waals surface area contributed by atoms with Crippen molar-refractivity contribution in [2.45, 2.75) is 19.4 Å². The highest BCUT2D eigenvalue weighted by molar-refractivity contribution is 5.74. The van der Waals surface area contributed by atoms with Crippen LogP contribution in [0.3, 0.4) is 0 Å². The maximum atomic E-state index is 4.65. The molecule has 2 aromatic carbocycles. The summed E-state index contributed by atoms with van der Waals surface area (Å²) in [6.45, 7) is 4.23. The summed E-state index contributed by atoms with van der Waals surface area (Å²) < 4.78 is 2.00. The molecule has 1 aromatic heterocycles. The molecule has 0 amide bonds. The van der Waals surface area contributed by atoms with E-state index in [0.29, 0.717) is 0 Å². The van der Waals surface area contributed by atoms with Crippen LogP contribution in [0, 0.1) is 6.92 Å². The molecule has 2 heterocycles. The highest BCUT2D eigenvalue weighted by Crippen LogP contribution is 2.37. The van der Waals surface area contributed by atoms with Crippen LogP contribution in [0.4, 0.5) is 5.82 Å². The first-order valence-electron chi connectivity index (χ1n) is 7.85. The van der Waals surface area contributed by atoms with Crippen molar-refractivity contribution >= 4 is 11.5 Å². The summed E-state index contributed by atoms with van der Waals surface area (Å²) in [5.74, 6) is 1.02. The quantitative estimate of drug-likeness (QED) is 0.759. The molecule has 23 heavy (non-hydrogen) atoms. The van der Waals surface area contributed by atoms with Gasteiger partial charge in [-0.2, -0.15) is 5.10 Å². The van der Waals surface area contributed by atoms with E-state index in [-0.39, 0.29) is 5.54 Å². The van der Waals surface area contributed by atoms with Crippen molar-refractivity contribution in [2.24, 2.45) is 0 Å². The van der Waals surface area contributed by atoms with Crippen molar-refractivity contribution in [2.75, 3.05) is 5.32 Å². The number of fused-ring (bicyclic) bond motifs is 1. The zero-order valence-electron chi connectivity index (χ0n) is 13.3. The number of rotatable bonds is 2. The molecule has 1 N–H and O–H groups in total. The van der Waals surface area contributed by atoms with Crippen molar-refractivity contribution in [3.05, 3.63) is 89.6 Å². The van der Waals surface area contributed by atoms with Gasteiger partial charge in [0.1, 0.15) is 5.82 Å². The minimum absolute atomic E-state index is 0.269. The third-order valence-electron chi connectivity index (χ3n) is 4.32. The molecular formula is C20H19N3. The van der Waals surface area contributed by atoms with Gasteiger partial charge in [0.25, 0.3) is 0 Å². The summed E-state index contributed by atoms with van der Waals surface area (Å²) in [5.41, 5.74) is 4.25. The molecule has 1 atom stereocenters. The number of hydrogen-bond acceptors (Lipinski definition) is 2. The molecule has 4 rings (SSSR count). The molecule has 0 fully saturated rings. The van der Waals surface area contributed by atoms with E-state index < -0.39 is 0 Å². The van der Waals surface area contributed by atoms with Gasteiger partial charge in [-0.05, 0) is 25.5 Å². The van der Waals surface area contributed by atoms with Crippen LogP contribution >= 0.6 is 0 Å². The Balaban J connectivity index is 1.92. The minimum Gasteiger partial charge on any atom is -0.357 e. The standard InChI is InChI=1S/C20H19N3/c1-15-13-19-21-20(2,17-11-7-4-8-12-17)14-18(23(19)22-15)16-9-5-3-6-10-16/h3-14,21H,1-2H3. The van der Waals surface area contributed by atoms with Gasteiger partial charge in [-0.1, -0.05) is 60.7 Å². The number of aryl methyl sites for hydroxylation is 1. The highest BCUT2D eigenvalue weighted by Gasteiger charge is 2.31. The SMILES string of the molecule is Cc1cc2n(n1)C(c1ccccc1)=CC(C)(c1ccccc1)N2. The Morgan fingerprint density at radius 3 is 2.30 bits per heavy atom. The van der Waals surface area contributed by atoms with E-state index >= 15 is 0 Å². The number of anilines is 1. The molecule has 0 spiro atoms. The second-order valence-electron chi connectivity index (χ2n) is 6.17. The Morgan fingerprint density at radius 1 is 0.957 bits per heavy atom. The predicted octanol–water partition coefficient (Wildman–Crippen LogP) is 4.42. The van der Waals surface area contributed by atoms with Crippen molar-refractivity contribution < 1.29 is 0 Å². The molecule has 3 nitrogen and oxygen atoms in total. The lowest BCUT2D eigenvalue weighted by Gasteiger charge is -2.34. The van der Waals surface area contributed by atoms with Gasteiger partial charge in [-0.3, -0.25) is 0 Å². The molecular weight excluding hydrogens is 282 g/mol. The van der Waals surface area contributed by atoms with Crippen molar-refractivity contribution in [1.82, 2.24) is 9.78 Å². The first-order chi connectivity index (χ1) is 11.2. The van der Waals surface area contributed by atoms with E-state index in [1.165, 1.54) is 11.1 Å². The van der Waals surface area contributed by atoms with E-state index in [2.05, 4.69) is 78.0 Å². The van der Waals surface area contributed by atoms with Crippen LogP contribution in [-0.4, -0.2) is 9.78 Å². The molecule has 3 heteroatoms. The summed E-state index contributed by atoms with van der Waals surface area (Å²) in [6.07, 6.45) is 2.26. The topological polar surface area (TPSA) is 29.9 Å². The highest BCUT2D eigenvalue weighted by atomic mass is 15.4. The smallest absolute Gasteiger partial charge is 0.130 e. The largest absolute Gasteiger partial charge is 0.357 e. The normalized spacial score (nSPS) is 19.7. The summed E-state index contributed by atoms with van der Waals surface area (Å²) in [5, 5.41) is 8.29. The van der Waals surface area contributed by atoms with E-state index in [9.17, 15) is 0 Å². The van der Waals surface area contributed by atoms with Crippen LogP contribution in [0.1, 0.15) is 23.7 Å². The second-order valence-corrected chi connectivity index (χ2v) is 6.17. The lowest BCUT2D eigenvalue weighted by molar-refractivity contribution is 0.654. The zero-order chi connectivity index (χ0) is 15.9. The number of hydrogen-bond donors (Lipinski definition) is 1. The monoisotopic (exact) mass is 301 g/mol. The third kappa shape index (κ3) is 2.34. The van der Waals surface area contributed by atoms with Gasteiger partial charge in [-0.25, -0.2) is 4.68 Å². The van der Waals surface area contributed by atoms with Crippen molar-refractivity contribution in [3.63, 3.8) is 0 Å². The molecule has 0 saturated heterocycles. The van der Waals surface area contributed by atoms with Crippen LogP contribution in [0.2, 0.25) is 0 Å². The predicted molar refractivity (Wildman–Crippen MR) is 94.2 cm³/mol. The van der Waals surface area contributed by atoms with Crippen LogP contribution in [-0.2, 0) is 5.54 Å². The van der Waals surface area contributed by atoms with E-state index in [4.69, 9.17) is 0 Å². The number of nitrogens with one attached hydrogen (secondary N) is 1. The Morgan fingerprint density at radius 2 is 1.61 bits per heavy atom. The molecule has 0 radical (unpaired) electrons. The first kappa shape index (κ1) is 13.8. The van der Waals surface area contributed by atoms with Gasteiger partial charge in [0.05, 0.1) is 16.9 Å². The van der Waals surface area contributed by atoms with E-state index in [1.807, 2.05) is 23.7 Å². The summed E-state index contributed by atoms with van der Waals surface area (Å²) in [6, 6.07) is 23.0. The van der Waals surface area contributed by atoms with Crippen LogP contribution < -0.4 is 5.32 Å². The molecule has 1 aliphatic rings. The van der Waals surface area contributed by atoms with Crippen LogP contribution in [0.25, 0.3) is 5.70 Å². The molecule has 0 saturated carbocycles. The summed E-state index contributed by atoms with van der Waals surface area (Å²) in [7, 11) is 0. The van der Waals surface area contributed by atoms with Gasteiger partial charge >= 0.3 is 0 Å². The van der Waals surface area contributed by atoms with Gasteiger partial charge in [0, 0.05) is 11.6 Å². The zero-order valence-corrected chi connectivity index (χ0v) is 13.3. The summed E-state index contributed by atoms with van der Waals surface area (Å²) in [4.78, 5) is 0. The van der Waals surface area contributed by atoms with Gasteiger partial charge in [-0.15, -0.1) is 0 Å². The first-order valence-corrected chi connectivity index (χ1v) is 7.85. The Hall–Kier alpha value is -2.81. The average Bonchev–Trinajstić information content (AvgIpc) is 2.95. The molecule has 3 aromatic rings. The third-order valence-corrected chi connectivity index (χ3v) is 4.32.